The number of nitrogens with one attached hydrogen (secondary N) is 1. The quantitative estimate of drug-likeness (QED) is 0.512. The van der Waals surface area contributed by atoms with Gasteiger partial charge in [0, 0.05) is 16.5 Å². The van der Waals surface area contributed by atoms with E-state index in [1.165, 1.54) is 6.07 Å². The van der Waals surface area contributed by atoms with Crippen molar-refractivity contribution >= 4 is 34.5 Å². The molecule has 0 unspecified atom stereocenters. The highest BCUT2D eigenvalue weighted by Gasteiger charge is 2.37. The largest absolute Gasteiger partial charge is 0.423 e. The summed E-state index contributed by atoms with van der Waals surface area (Å²) in [6.07, 6.45) is 1.19. The molecule has 4 rings (SSSR count). The highest BCUT2D eigenvalue weighted by molar-refractivity contribution is 6.32. The average molecular weight is 411 g/mol. The first-order valence-electron chi connectivity index (χ1n) is 9.31. The third-order valence-corrected chi connectivity index (χ3v) is 5.52. The Kier molecular flexibility index (Phi) is 5.11. The number of halogens is 1. The van der Waals surface area contributed by atoms with Crippen LogP contribution in [0, 0.1) is 6.92 Å². The Balaban J connectivity index is 1.56. The van der Waals surface area contributed by atoms with Crippen LogP contribution >= 0.6 is 11.6 Å². The first-order valence-corrected chi connectivity index (χ1v) is 9.69. The van der Waals surface area contributed by atoms with E-state index >= 15 is 0 Å². The van der Waals surface area contributed by atoms with Crippen LogP contribution in [0.15, 0.2) is 57.7 Å². The molecule has 1 atom stereocenters. The lowest BCUT2D eigenvalue weighted by Gasteiger charge is -2.15. The summed E-state index contributed by atoms with van der Waals surface area (Å²) in [6, 6.07) is 13.4. The van der Waals surface area contributed by atoms with Crippen LogP contribution in [0.3, 0.4) is 0 Å². The smallest absolute Gasteiger partial charge is 0.336 e. The van der Waals surface area contributed by atoms with Crippen LogP contribution in [0.2, 0.25) is 5.02 Å². The maximum Gasteiger partial charge on any atom is 0.336 e. The predicted octanol–water partition coefficient (Wildman–Crippen LogP) is 3.81. The number of benzene rings is 2. The zero-order valence-electron chi connectivity index (χ0n) is 15.8. The predicted molar refractivity (Wildman–Crippen MR) is 110 cm³/mol. The normalized spacial score (nSPS) is 16.5. The summed E-state index contributed by atoms with van der Waals surface area (Å²) < 4.78 is 5.25. The Morgan fingerprint density at radius 2 is 1.86 bits per heavy atom. The van der Waals surface area contributed by atoms with Gasteiger partial charge in [0.25, 0.3) is 5.91 Å². The minimum Gasteiger partial charge on any atom is -0.423 e. The Morgan fingerprint density at radius 1 is 1.10 bits per heavy atom. The molecule has 3 amide bonds. The number of rotatable bonds is 5. The van der Waals surface area contributed by atoms with Gasteiger partial charge in [-0.25, -0.2) is 9.59 Å². The van der Waals surface area contributed by atoms with Crippen LogP contribution in [-0.2, 0) is 17.8 Å². The van der Waals surface area contributed by atoms with Gasteiger partial charge in [0.1, 0.15) is 11.6 Å². The number of nitrogens with zero attached hydrogens (tertiary/aromatic N) is 1. The molecule has 0 bridgehead atoms. The van der Waals surface area contributed by atoms with Crippen molar-refractivity contribution in [2.45, 2.75) is 32.4 Å². The minimum atomic E-state index is -0.583. The summed E-state index contributed by atoms with van der Waals surface area (Å²) in [5.41, 5.74) is 2.23. The van der Waals surface area contributed by atoms with E-state index in [0.717, 1.165) is 16.0 Å². The number of urea groups is 1. The minimum absolute atomic E-state index is 0.0198. The van der Waals surface area contributed by atoms with E-state index in [9.17, 15) is 14.4 Å². The molecule has 1 fully saturated rings. The lowest BCUT2D eigenvalue weighted by atomic mass is 10.0. The first kappa shape index (κ1) is 19.2. The summed E-state index contributed by atoms with van der Waals surface area (Å²) in [6.45, 7) is 1.79. The summed E-state index contributed by atoms with van der Waals surface area (Å²) in [5.74, 6) is -0.300. The Morgan fingerprint density at radius 3 is 2.62 bits per heavy atom. The Bertz CT molecular complexity index is 1160. The van der Waals surface area contributed by atoms with Gasteiger partial charge < -0.3 is 9.73 Å². The van der Waals surface area contributed by atoms with Crippen LogP contribution < -0.4 is 10.9 Å². The highest BCUT2D eigenvalue weighted by atomic mass is 35.5. The van der Waals surface area contributed by atoms with Gasteiger partial charge >= 0.3 is 11.7 Å². The average Bonchev–Trinajstić information content (AvgIpc) is 2.96. The fraction of sp³-hybridized carbons (Fsp3) is 0.227. The van der Waals surface area contributed by atoms with Gasteiger partial charge in [-0.1, -0.05) is 41.9 Å². The molecular formula is C22H19ClN2O4. The summed E-state index contributed by atoms with van der Waals surface area (Å²) in [7, 11) is 0. The van der Waals surface area contributed by atoms with Crippen molar-refractivity contribution in [2.75, 3.05) is 0 Å². The molecule has 6 nitrogen and oxygen atoms in total. The van der Waals surface area contributed by atoms with E-state index in [-0.39, 0.29) is 12.5 Å². The fourth-order valence-corrected chi connectivity index (χ4v) is 3.69. The van der Waals surface area contributed by atoms with Crippen molar-refractivity contribution in [1.29, 1.82) is 0 Å². The van der Waals surface area contributed by atoms with E-state index in [2.05, 4.69) is 5.32 Å². The van der Waals surface area contributed by atoms with E-state index in [1.54, 1.807) is 12.1 Å². The lowest BCUT2D eigenvalue weighted by Crippen LogP contribution is -2.31. The van der Waals surface area contributed by atoms with Gasteiger partial charge in [0.05, 0.1) is 6.54 Å². The van der Waals surface area contributed by atoms with Crippen molar-refractivity contribution in [1.82, 2.24) is 10.2 Å². The number of imide groups is 1. The number of aryl methyl sites for hydroxylation is 2. The molecule has 1 saturated heterocycles. The van der Waals surface area contributed by atoms with Gasteiger partial charge in [-0.15, -0.1) is 0 Å². The topological polar surface area (TPSA) is 79.6 Å². The van der Waals surface area contributed by atoms with Gasteiger partial charge in [-0.05, 0) is 48.6 Å². The van der Waals surface area contributed by atoms with Crippen molar-refractivity contribution in [3.8, 4) is 0 Å². The van der Waals surface area contributed by atoms with Crippen molar-refractivity contribution < 1.29 is 14.0 Å². The fourth-order valence-electron chi connectivity index (χ4n) is 3.53. The third kappa shape index (κ3) is 3.89. The van der Waals surface area contributed by atoms with E-state index < -0.39 is 17.7 Å². The summed E-state index contributed by atoms with van der Waals surface area (Å²) >= 11 is 6.22. The monoisotopic (exact) mass is 410 g/mol. The maximum absolute atomic E-state index is 12.8. The summed E-state index contributed by atoms with van der Waals surface area (Å²) in [4.78, 5) is 38.3. The summed E-state index contributed by atoms with van der Waals surface area (Å²) in [5, 5.41) is 3.86. The number of hydrogen-bond donors (Lipinski definition) is 1. The van der Waals surface area contributed by atoms with Crippen molar-refractivity contribution in [2.24, 2.45) is 0 Å². The van der Waals surface area contributed by atoms with E-state index in [1.807, 2.05) is 37.3 Å². The van der Waals surface area contributed by atoms with E-state index in [4.69, 9.17) is 16.0 Å². The standard InChI is InChI=1S/C22H19ClN2O4/c1-13-9-19-16(11-17(13)23)15(10-20(26)29-19)12-25-21(27)18(24-22(25)28)8-7-14-5-3-2-4-6-14/h2-6,9-11,18H,7-8,12H2,1H3,(H,24,28)/t18-/m1/s1. The van der Waals surface area contributed by atoms with Crippen LogP contribution in [0.5, 0.6) is 0 Å². The number of amides is 3. The molecule has 0 radical (unpaired) electrons. The van der Waals surface area contributed by atoms with E-state index in [0.29, 0.717) is 34.4 Å². The zero-order chi connectivity index (χ0) is 20.5. The van der Waals surface area contributed by atoms with Gasteiger partial charge in [-0.3, -0.25) is 9.69 Å². The molecule has 3 aromatic rings. The van der Waals surface area contributed by atoms with Crippen LogP contribution in [0.25, 0.3) is 11.0 Å². The van der Waals surface area contributed by atoms with Gasteiger partial charge in [0.15, 0.2) is 0 Å². The second kappa shape index (κ2) is 7.72. The molecule has 1 N–H and O–H groups in total. The Hall–Kier alpha value is -3.12. The molecule has 1 aliphatic rings. The number of carbonyl (C=O) groups excluding carboxylic acids is 2. The third-order valence-electron chi connectivity index (χ3n) is 5.11. The van der Waals surface area contributed by atoms with Crippen LogP contribution in [0.4, 0.5) is 4.79 Å². The molecule has 0 spiro atoms. The second-order valence-corrected chi connectivity index (χ2v) is 7.55. The molecule has 0 aliphatic carbocycles. The first-order chi connectivity index (χ1) is 13.9. The number of hydrogen-bond acceptors (Lipinski definition) is 4. The zero-order valence-corrected chi connectivity index (χ0v) is 16.5. The second-order valence-electron chi connectivity index (χ2n) is 7.14. The van der Waals surface area contributed by atoms with Crippen molar-refractivity contribution in [3.05, 3.63) is 80.7 Å². The van der Waals surface area contributed by atoms with Crippen molar-refractivity contribution in [3.63, 3.8) is 0 Å². The van der Waals surface area contributed by atoms with Crippen LogP contribution in [0.1, 0.15) is 23.1 Å². The maximum atomic E-state index is 12.8. The SMILES string of the molecule is Cc1cc2oc(=O)cc(CN3C(=O)N[C@H](CCc4ccccc4)C3=O)c2cc1Cl. The molecule has 148 valence electrons. The molecule has 0 saturated carbocycles. The lowest BCUT2D eigenvalue weighted by molar-refractivity contribution is -0.128. The highest BCUT2D eigenvalue weighted by Crippen LogP contribution is 2.27. The Labute approximate surface area is 172 Å². The molecule has 1 aliphatic heterocycles. The van der Waals surface area contributed by atoms with Crippen LogP contribution in [-0.4, -0.2) is 22.9 Å². The molecular weight excluding hydrogens is 392 g/mol. The molecule has 1 aromatic heterocycles. The van der Waals surface area contributed by atoms with Gasteiger partial charge in [-0.2, -0.15) is 0 Å². The van der Waals surface area contributed by atoms with Gasteiger partial charge in [0.2, 0.25) is 0 Å². The number of fused-ring (bicyclic) bond motifs is 1. The molecule has 2 aromatic carbocycles. The molecule has 2 heterocycles. The number of carbonyl (C=O) groups is 2. The molecule has 29 heavy (non-hydrogen) atoms. The molecule has 7 heteroatoms.